The zero-order valence-corrected chi connectivity index (χ0v) is 27.8. The quantitative estimate of drug-likeness (QED) is 0.153. The Morgan fingerprint density at radius 2 is 1.88 bits per heavy atom. The molecule has 12 nitrogen and oxygen atoms in total. The summed E-state index contributed by atoms with van der Waals surface area (Å²) in [6, 6.07) is 5.96. The van der Waals surface area contributed by atoms with Crippen molar-refractivity contribution in [2.24, 2.45) is 0 Å². The molecule has 1 aliphatic heterocycles. The molecule has 3 aromatic heterocycles. The highest BCUT2D eigenvalue weighted by atomic mass is 32.2. The number of pyridine rings is 2. The SMILES string of the molecule is C=CC(=O)N1CCN(c2nc(=O)n(Cc3c(C(C)C)ccnc3S(C)(=O)=O)c3nc(-c4c(F)cccc4OC(C)=O)c(F)cc23)[C@@H](C)C1. The van der Waals surface area contributed by atoms with Crippen molar-refractivity contribution >= 4 is 38.6 Å². The molecule has 0 N–H and O–H groups in total. The maximum atomic E-state index is 16.2. The van der Waals surface area contributed by atoms with Crippen LogP contribution in [0, 0.1) is 11.6 Å². The molecule has 1 aromatic carbocycles. The first-order chi connectivity index (χ1) is 22.6. The largest absolute Gasteiger partial charge is 0.426 e. The highest BCUT2D eigenvalue weighted by Crippen LogP contribution is 2.37. The van der Waals surface area contributed by atoms with Gasteiger partial charge >= 0.3 is 11.7 Å². The summed E-state index contributed by atoms with van der Waals surface area (Å²) < 4.78 is 63.5. The standard InChI is InChI=1S/C33H34F2N6O6S/c1-7-27(43)39-13-14-40(19(4)16-39)31-22-15-25(35)29(28-24(34)9-8-10-26(28)47-20(5)42)37-30(22)41(33(44)38-31)17-23-21(18(2)3)11-12-36-32(23)48(6,45)46/h7-12,15,18-19H,1,13-14,16-17H2,2-6H3/t19-/m0/s1. The first-order valence-corrected chi connectivity index (χ1v) is 17.0. The number of amides is 1. The van der Waals surface area contributed by atoms with E-state index < -0.39 is 44.4 Å². The second-order valence-electron chi connectivity index (χ2n) is 11.8. The lowest BCUT2D eigenvalue weighted by Gasteiger charge is -2.40. The van der Waals surface area contributed by atoms with Crippen LogP contribution in [0.3, 0.4) is 0 Å². The van der Waals surface area contributed by atoms with Crippen LogP contribution in [0.2, 0.25) is 0 Å². The summed E-state index contributed by atoms with van der Waals surface area (Å²) in [6.45, 7) is 10.6. The molecule has 1 fully saturated rings. The zero-order chi connectivity index (χ0) is 35.1. The van der Waals surface area contributed by atoms with E-state index >= 15 is 8.78 Å². The maximum Gasteiger partial charge on any atom is 0.351 e. The van der Waals surface area contributed by atoms with Gasteiger partial charge in [0.25, 0.3) is 0 Å². The smallest absolute Gasteiger partial charge is 0.351 e. The fourth-order valence-corrected chi connectivity index (χ4v) is 6.81. The molecule has 0 bridgehead atoms. The summed E-state index contributed by atoms with van der Waals surface area (Å²) in [5.41, 5.74) is -1.15. The van der Waals surface area contributed by atoms with Crippen molar-refractivity contribution in [2.45, 2.75) is 51.2 Å². The van der Waals surface area contributed by atoms with E-state index in [0.717, 1.165) is 29.9 Å². The summed E-state index contributed by atoms with van der Waals surface area (Å²) >= 11 is 0. The minimum atomic E-state index is -3.88. The first-order valence-electron chi connectivity index (χ1n) is 15.1. The van der Waals surface area contributed by atoms with E-state index in [9.17, 15) is 22.8 Å². The molecule has 1 amide bonds. The summed E-state index contributed by atoms with van der Waals surface area (Å²) in [5.74, 6) is -3.37. The Labute approximate surface area is 275 Å². The van der Waals surface area contributed by atoms with Crippen LogP contribution in [0.15, 0.2) is 59.0 Å². The number of esters is 1. The molecule has 15 heteroatoms. The molecule has 48 heavy (non-hydrogen) atoms. The Bertz CT molecular complexity index is 2140. The minimum absolute atomic E-state index is 0.0764. The molecule has 0 unspecified atom stereocenters. The minimum Gasteiger partial charge on any atom is -0.426 e. The van der Waals surface area contributed by atoms with Gasteiger partial charge in [0, 0.05) is 50.6 Å². The number of rotatable bonds is 8. The Morgan fingerprint density at radius 1 is 1.15 bits per heavy atom. The number of carbonyl (C=O) groups is 2. The summed E-state index contributed by atoms with van der Waals surface area (Å²) in [7, 11) is -3.88. The molecule has 0 saturated carbocycles. The first kappa shape index (κ1) is 34.3. The zero-order valence-electron chi connectivity index (χ0n) is 27.0. The Balaban J connectivity index is 1.81. The molecular weight excluding hydrogens is 646 g/mol. The van der Waals surface area contributed by atoms with Crippen LogP contribution >= 0.6 is 0 Å². The summed E-state index contributed by atoms with van der Waals surface area (Å²) in [6.07, 6.45) is 3.58. The van der Waals surface area contributed by atoms with E-state index in [-0.39, 0.29) is 77.2 Å². The monoisotopic (exact) mass is 680 g/mol. The molecule has 0 spiro atoms. The van der Waals surface area contributed by atoms with Gasteiger partial charge in [0.05, 0.1) is 17.5 Å². The number of carbonyl (C=O) groups excluding carboxylic acids is 2. The molecule has 4 aromatic rings. The van der Waals surface area contributed by atoms with Crippen molar-refractivity contribution in [3.63, 3.8) is 0 Å². The molecular formula is C33H34F2N6O6S. The van der Waals surface area contributed by atoms with Crippen LogP contribution in [0.4, 0.5) is 14.6 Å². The second kappa shape index (κ2) is 13.2. The van der Waals surface area contributed by atoms with Crippen molar-refractivity contribution in [2.75, 3.05) is 30.8 Å². The van der Waals surface area contributed by atoms with Crippen LogP contribution < -0.4 is 15.3 Å². The Hall–Kier alpha value is -5.05. The number of sulfone groups is 1. The van der Waals surface area contributed by atoms with Crippen LogP contribution in [0.1, 0.15) is 44.7 Å². The molecule has 4 heterocycles. The lowest BCUT2D eigenvalue weighted by atomic mass is 9.99. The van der Waals surface area contributed by atoms with Gasteiger partial charge in [-0.25, -0.2) is 32.0 Å². The average molecular weight is 681 g/mol. The van der Waals surface area contributed by atoms with Gasteiger partial charge in [0.2, 0.25) is 5.91 Å². The van der Waals surface area contributed by atoms with Crippen molar-refractivity contribution in [1.29, 1.82) is 0 Å². The van der Waals surface area contributed by atoms with E-state index in [0.29, 0.717) is 5.56 Å². The fourth-order valence-electron chi connectivity index (χ4n) is 5.93. The number of aromatic nitrogens is 4. The lowest BCUT2D eigenvalue weighted by Crippen LogP contribution is -2.54. The van der Waals surface area contributed by atoms with Crippen LogP contribution in [0.5, 0.6) is 5.75 Å². The normalized spacial score (nSPS) is 15.2. The molecule has 1 saturated heterocycles. The van der Waals surface area contributed by atoms with Gasteiger partial charge < -0.3 is 14.5 Å². The number of halogens is 2. The topological polar surface area (TPSA) is 145 Å². The molecule has 5 rings (SSSR count). The Morgan fingerprint density at radius 3 is 2.50 bits per heavy atom. The van der Waals surface area contributed by atoms with Crippen molar-refractivity contribution in [1.82, 2.24) is 24.4 Å². The highest BCUT2D eigenvalue weighted by Gasteiger charge is 2.31. The Kier molecular flexibility index (Phi) is 9.44. The fraction of sp³-hybridized carbons (Fsp3) is 0.333. The van der Waals surface area contributed by atoms with Crippen LogP contribution in [0.25, 0.3) is 22.3 Å². The van der Waals surface area contributed by atoms with Gasteiger partial charge in [-0.1, -0.05) is 26.5 Å². The summed E-state index contributed by atoms with van der Waals surface area (Å²) in [4.78, 5) is 54.4. The van der Waals surface area contributed by atoms with E-state index in [1.165, 1.54) is 24.4 Å². The van der Waals surface area contributed by atoms with E-state index in [1.807, 2.05) is 20.8 Å². The van der Waals surface area contributed by atoms with Crippen LogP contribution in [-0.4, -0.2) is 76.6 Å². The van der Waals surface area contributed by atoms with E-state index in [1.54, 1.807) is 15.9 Å². The van der Waals surface area contributed by atoms with Gasteiger partial charge in [-0.3, -0.25) is 14.2 Å². The number of fused-ring (bicyclic) bond motifs is 1. The molecule has 0 radical (unpaired) electrons. The number of nitrogens with zero attached hydrogens (tertiary/aromatic N) is 6. The average Bonchev–Trinajstić information content (AvgIpc) is 3.01. The number of hydrogen-bond donors (Lipinski definition) is 0. The predicted molar refractivity (Wildman–Crippen MR) is 175 cm³/mol. The third kappa shape index (κ3) is 6.54. The van der Waals surface area contributed by atoms with Gasteiger partial charge in [0.1, 0.15) is 28.7 Å². The summed E-state index contributed by atoms with van der Waals surface area (Å²) in [5, 5.41) is -0.171. The number of anilines is 1. The van der Waals surface area contributed by atoms with Crippen molar-refractivity contribution in [3.05, 3.63) is 82.4 Å². The molecule has 1 aliphatic rings. The van der Waals surface area contributed by atoms with E-state index in [2.05, 4.69) is 21.5 Å². The molecule has 252 valence electrons. The lowest BCUT2D eigenvalue weighted by molar-refractivity contribution is -0.132. The van der Waals surface area contributed by atoms with Gasteiger partial charge in [-0.2, -0.15) is 4.98 Å². The number of hydrogen-bond acceptors (Lipinski definition) is 10. The van der Waals surface area contributed by atoms with E-state index in [4.69, 9.17) is 4.74 Å². The third-order valence-electron chi connectivity index (χ3n) is 8.08. The van der Waals surface area contributed by atoms with Crippen molar-refractivity contribution in [3.8, 4) is 17.0 Å². The maximum absolute atomic E-state index is 16.2. The third-order valence-corrected chi connectivity index (χ3v) is 9.13. The number of ether oxygens (including phenoxy) is 1. The second-order valence-corrected chi connectivity index (χ2v) is 13.8. The van der Waals surface area contributed by atoms with Gasteiger partial charge in [-0.15, -0.1) is 0 Å². The highest BCUT2D eigenvalue weighted by molar-refractivity contribution is 7.90. The van der Waals surface area contributed by atoms with Gasteiger partial charge in [0.15, 0.2) is 20.7 Å². The van der Waals surface area contributed by atoms with Crippen LogP contribution in [-0.2, 0) is 26.0 Å². The predicted octanol–water partition coefficient (Wildman–Crippen LogP) is 3.86. The molecule has 0 aliphatic carbocycles. The number of benzene rings is 1. The van der Waals surface area contributed by atoms with Gasteiger partial charge in [-0.05, 0) is 48.7 Å². The number of piperazine rings is 1. The van der Waals surface area contributed by atoms with Crippen molar-refractivity contribution < 1.29 is 31.5 Å². The molecule has 1 atom stereocenters.